The molecule has 0 bridgehead atoms. The van der Waals surface area contributed by atoms with Crippen molar-refractivity contribution in [3.05, 3.63) is 35.4 Å². The highest BCUT2D eigenvalue weighted by molar-refractivity contribution is 7.22. The van der Waals surface area contributed by atoms with Crippen LogP contribution in [0.4, 0.5) is 21.4 Å². The molecule has 3 N–H and O–H groups in total. The Morgan fingerprint density at radius 2 is 1.97 bits per heavy atom. The zero-order chi connectivity index (χ0) is 22.4. The van der Waals surface area contributed by atoms with Gasteiger partial charge in [-0.3, -0.25) is 5.32 Å². The Labute approximate surface area is 190 Å². The molecule has 0 aliphatic rings. The van der Waals surface area contributed by atoms with Crippen molar-refractivity contribution in [1.82, 2.24) is 20.2 Å². The molecule has 0 radical (unpaired) electrons. The van der Waals surface area contributed by atoms with Crippen molar-refractivity contribution < 1.29 is 9.90 Å². The molecule has 0 saturated carbocycles. The average Bonchev–Trinajstić information content (AvgIpc) is 3.14. The summed E-state index contributed by atoms with van der Waals surface area (Å²) >= 11 is 7.21. The number of thiazole rings is 1. The number of pyridine rings is 1. The van der Waals surface area contributed by atoms with Crippen LogP contribution in [-0.2, 0) is 0 Å². The molecule has 0 fully saturated rings. The highest BCUT2D eigenvalue weighted by atomic mass is 35.5. The monoisotopic (exact) mass is 462 g/mol. The summed E-state index contributed by atoms with van der Waals surface area (Å²) in [5, 5.41) is 16.8. The maximum atomic E-state index is 12.2. The van der Waals surface area contributed by atoms with Crippen LogP contribution in [-0.4, -0.2) is 59.2 Å². The second-order valence-corrected chi connectivity index (χ2v) is 8.38. The average molecular weight is 463 g/mol. The molecule has 0 atom stereocenters. The minimum atomic E-state index is -0.276. The number of halogens is 1. The fourth-order valence-corrected chi connectivity index (χ4v) is 4.13. The largest absolute Gasteiger partial charge is 0.506 e. The third-order valence-corrected chi connectivity index (χ3v) is 6.05. The molecule has 3 rings (SSSR count). The molecule has 166 valence electrons. The second kappa shape index (κ2) is 10.6. The maximum absolute atomic E-state index is 12.2. The molecule has 1 aromatic carbocycles. The predicted octanol–water partition coefficient (Wildman–Crippen LogP) is 4.67. The van der Waals surface area contributed by atoms with Gasteiger partial charge in [-0.1, -0.05) is 36.8 Å². The number of aromatic hydroxyl groups is 1. The van der Waals surface area contributed by atoms with E-state index in [0.717, 1.165) is 26.1 Å². The van der Waals surface area contributed by atoms with Gasteiger partial charge >= 0.3 is 6.03 Å². The number of rotatable bonds is 9. The van der Waals surface area contributed by atoms with E-state index in [1.165, 1.54) is 17.4 Å². The lowest BCUT2D eigenvalue weighted by Crippen LogP contribution is -2.32. The Balaban J connectivity index is 1.62. The van der Waals surface area contributed by atoms with Crippen molar-refractivity contribution in [1.29, 1.82) is 0 Å². The molecule has 0 aliphatic carbocycles. The lowest BCUT2D eigenvalue weighted by Gasteiger charge is -2.19. The van der Waals surface area contributed by atoms with Crippen molar-refractivity contribution in [2.24, 2.45) is 0 Å². The van der Waals surface area contributed by atoms with Gasteiger partial charge in [0.2, 0.25) is 0 Å². The minimum Gasteiger partial charge on any atom is -0.506 e. The molecule has 2 amide bonds. The number of urea groups is 1. The van der Waals surface area contributed by atoms with Crippen LogP contribution < -0.4 is 15.5 Å². The molecule has 0 aliphatic heterocycles. The summed E-state index contributed by atoms with van der Waals surface area (Å²) in [4.78, 5) is 26.0. The molecule has 2 aromatic heterocycles. The van der Waals surface area contributed by atoms with Crippen LogP contribution in [0.15, 0.2) is 30.3 Å². The van der Waals surface area contributed by atoms with Crippen LogP contribution in [0.3, 0.4) is 0 Å². The summed E-state index contributed by atoms with van der Waals surface area (Å²) in [6.45, 7) is 7.84. The van der Waals surface area contributed by atoms with E-state index in [-0.39, 0.29) is 11.8 Å². The fraction of sp³-hybridized carbons (Fsp3) is 0.381. The SMILES string of the molecule is CCN(CC)CCCNC(=O)Nc1nc2ccc(N(C)c3ccc(Cl)cc3O)nc2s1. The van der Waals surface area contributed by atoms with Crippen molar-refractivity contribution in [3.8, 4) is 5.75 Å². The van der Waals surface area contributed by atoms with E-state index < -0.39 is 0 Å². The number of phenols is 1. The van der Waals surface area contributed by atoms with Crippen LogP contribution in [0.5, 0.6) is 5.75 Å². The molecule has 8 nitrogen and oxygen atoms in total. The first kappa shape index (κ1) is 23.1. The molecule has 3 aromatic rings. The van der Waals surface area contributed by atoms with Gasteiger partial charge < -0.3 is 20.2 Å². The summed E-state index contributed by atoms with van der Waals surface area (Å²) in [6.07, 6.45) is 0.893. The van der Waals surface area contributed by atoms with E-state index >= 15 is 0 Å². The van der Waals surface area contributed by atoms with E-state index in [0.29, 0.717) is 38.6 Å². The van der Waals surface area contributed by atoms with Gasteiger partial charge in [-0.25, -0.2) is 14.8 Å². The number of benzene rings is 1. The van der Waals surface area contributed by atoms with Crippen LogP contribution >= 0.6 is 22.9 Å². The highest BCUT2D eigenvalue weighted by Gasteiger charge is 2.14. The molecule has 0 unspecified atom stereocenters. The Kier molecular flexibility index (Phi) is 7.89. The first-order valence-electron chi connectivity index (χ1n) is 10.2. The van der Waals surface area contributed by atoms with E-state index in [2.05, 4.69) is 39.3 Å². The van der Waals surface area contributed by atoms with Gasteiger partial charge in [0.15, 0.2) is 5.13 Å². The minimum absolute atomic E-state index is 0.0706. The van der Waals surface area contributed by atoms with E-state index in [4.69, 9.17) is 11.6 Å². The second-order valence-electron chi connectivity index (χ2n) is 6.97. The fourth-order valence-electron chi connectivity index (χ4n) is 3.14. The normalized spacial score (nSPS) is 11.1. The number of fused-ring (bicyclic) bond motifs is 1. The predicted molar refractivity (Wildman–Crippen MR) is 128 cm³/mol. The van der Waals surface area contributed by atoms with Gasteiger partial charge in [-0.05, 0) is 50.3 Å². The van der Waals surface area contributed by atoms with Crippen molar-refractivity contribution in [3.63, 3.8) is 0 Å². The molecule has 0 spiro atoms. The van der Waals surface area contributed by atoms with E-state index in [1.807, 2.05) is 19.2 Å². The Hall–Kier alpha value is -2.62. The third kappa shape index (κ3) is 5.96. The first-order valence-corrected chi connectivity index (χ1v) is 11.4. The van der Waals surface area contributed by atoms with E-state index in [1.54, 1.807) is 17.0 Å². The molecule has 0 saturated heterocycles. The number of anilines is 3. The molecular formula is C21H27ClN6O2S. The number of nitrogens with zero attached hydrogens (tertiary/aromatic N) is 4. The number of nitrogens with one attached hydrogen (secondary N) is 2. The van der Waals surface area contributed by atoms with Gasteiger partial charge in [-0.2, -0.15) is 0 Å². The van der Waals surface area contributed by atoms with Crippen molar-refractivity contribution in [2.45, 2.75) is 20.3 Å². The lowest BCUT2D eigenvalue weighted by molar-refractivity contribution is 0.250. The molecule has 2 heterocycles. The number of hydrogen-bond donors (Lipinski definition) is 3. The number of carbonyl (C=O) groups is 1. The van der Waals surface area contributed by atoms with Crippen LogP contribution in [0.2, 0.25) is 5.02 Å². The smallest absolute Gasteiger partial charge is 0.321 e. The van der Waals surface area contributed by atoms with Crippen LogP contribution in [0.1, 0.15) is 20.3 Å². The quantitative estimate of drug-likeness (QED) is 0.400. The van der Waals surface area contributed by atoms with Gasteiger partial charge in [0.05, 0.1) is 5.69 Å². The topological polar surface area (TPSA) is 93.6 Å². The molecule has 10 heteroatoms. The van der Waals surface area contributed by atoms with Crippen molar-refractivity contribution in [2.75, 3.05) is 43.4 Å². The zero-order valence-corrected chi connectivity index (χ0v) is 19.4. The van der Waals surface area contributed by atoms with Gasteiger partial charge in [-0.15, -0.1) is 0 Å². The highest BCUT2D eigenvalue weighted by Crippen LogP contribution is 2.34. The Bertz CT molecular complexity index is 1040. The van der Waals surface area contributed by atoms with Gasteiger partial charge in [0.25, 0.3) is 0 Å². The van der Waals surface area contributed by atoms with Crippen LogP contribution in [0.25, 0.3) is 10.3 Å². The number of aromatic nitrogens is 2. The summed E-state index contributed by atoms with van der Waals surface area (Å²) < 4.78 is 0. The number of hydrogen-bond acceptors (Lipinski definition) is 7. The standard InChI is InChI=1S/C21H27ClN6O2S/c1-4-28(5-2)12-6-11-23-20(30)26-21-24-15-8-10-18(25-19(15)31-21)27(3)16-9-7-14(22)13-17(16)29/h7-10,13,29H,4-6,11-12H2,1-3H3,(H2,23,24,26,30). The van der Waals surface area contributed by atoms with E-state index in [9.17, 15) is 9.90 Å². The number of carbonyl (C=O) groups excluding carboxylic acids is 1. The summed E-state index contributed by atoms with van der Waals surface area (Å²) in [5.74, 6) is 0.711. The van der Waals surface area contributed by atoms with Gasteiger partial charge in [0.1, 0.15) is 21.9 Å². The first-order chi connectivity index (χ1) is 14.9. The number of phenolic OH excluding ortho intramolecular Hbond substituents is 1. The summed E-state index contributed by atoms with van der Waals surface area (Å²) in [7, 11) is 1.81. The van der Waals surface area contributed by atoms with Crippen molar-refractivity contribution >= 4 is 56.0 Å². The summed E-state index contributed by atoms with van der Waals surface area (Å²) in [5.41, 5.74) is 1.28. The zero-order valence-electron chi connectivity index (χ0n) is 17.9. The molecular weight excluding hydrogens is 436 g/mol. The molecule has 31 heavy (non-hydrogen) atoms. The number of amides is 2. The van der Waals surface area contributed by atoms with Crippen LogP contribution in [0, 0.1) is 0 Å². The van der Waals surface area contributed by atoms with Gasteiger partial charge in [0, 0.05) is 24.7 Å². The third-order valence-electron chi connectivity index (χ3n) is 4.93. The Morgan fingerprint density at radius 1 is 1.19 bits per heavy atom. The Morgan fingerprint density at radius 3 is 2.68 bits per heavy atom. The summed E-state index contributed by atoms with van der Waals surface area (Å²) in [6, 6.07) is 8.30. The lowest BCUT2D eigenvalue weighted by atomic mass is 10.2. The maximum Gasteiger partial charge on any atom is 0.321 e.